The van der Waals surface area contributed by atoms with E-state index in [2.05, 4.69) is 4.98 Å². The third kappa shape index (κ3) is 2.56. The van der Waals surface area contributed by atoms with Gasteiger partial charge in [-0.25, -0.2) is 0 Å². The highest BCUT2D eigenvalue weighted by atomic mass is 16.5. The Morgan fingerprint density at radius 3 is 2.88 bits per heavy atom. The number of ether oxygens (including phenoxy) is 2. The second kappa shape index (κ2) is 5.05. The second-order valence-electron chi connectivity index (χ2n) is 4.18. The van der Waals surface area contributed by atoms with Crippen LogP contribution >= 0.6 is 0 Å². The summed E-state index contributed by atoms with van der Waals surface area (Å²) in [5.41, 5.74) is 6.33. The molecule has 1 aliphatic rings. The molecular formula is C12H18N2O2. The van der Waals surface area contributed by atoms with Crippen LogP contribution in [0.2, 0.25) is 0 Å². The Hall–Kier alpha value is -1.45. The molecule has 0 saturated heterocycles. The monoisotopic (exact) mass is 222 g/mol. The molecular weight excluding hydrogens is 204 g/mol. The lowest BCUT2D eigenvalue weighted by molar-refractivity contribution is 0.216. The molecule has 0 bridgehead atoms. The van der Waals surface area contributed by atoms with Gasteiger partial charge in [-0.1, -0.05) is 19.3 Å². The molecule has 0 radical (unpaired) electrons. The fraction of sp³-hybridized carbons (Fsp3) is 0.583. The van der Waals surface area contributed by atoms with Gasteiger partial charge in [0, 0.05) is 6.07 Å². The molecule has 1 saturated carbocycles. The Kier molecular flexibility index (Phi) is 3.49. The predicted octanol–water partition coefficient (Wildman–Crippen LogP) is 2.24. The smallest absolute Gasteiger partial charge is 0.240 e. The molecule has 1 fully saturated rings. The van der Waals surface area contributed by atoms with Crippen molar-refractivity contribution >= 4 is 5.69 Å². The first-order valence-electron chi connectivity index (χ1n) is 5.73. The maximum absolute atomic E-state index is 5.76. The first kappa shape index (κ1) is 11.0. The highest BCUT2D eigenvalue weighted by Crippen LogP contribution is 2.30. The number of nitrogen functional groups attached to an aromatic ring is 1. The van der Waals surface area contributed by atoms with Crippen molar-refractivity contribution in [2.45, 2.75) is 25.7 Å². The Morgan fingerprint density at radius 2 is 2.25 bits per heavy atom. The Balaban J connectivity index is 1.86. The van der Waals surface area contributed by atoms with E-state index in [9.17, 15) is 0 Å². The minimum Gasteiger partial charge on any atom is -0.481 e. The molecule has 1 aliphatic carbocycles. The molecule has 4 nitrogen and oxygen atoms in total. The summed E-state index contributed by atoms with van der Waals surface area (Å²) in [6, 6.07) is 3.48. The number of aromatic nitrogens is 1. The molecule has 1 heterocycles. The van der Waals surface area contributed by atoms with Crippen LogP contribution in [0, 0.1) is 5.92 Å². The molecule has 2 N–H and O–H groups in total. The number of rotatable bonds is 5. The van der Waals surface area contributed by atoms with Gasteiger partial charge in [0.1, 0.15) is 0 Å². The summed E-state index contributed by atoms with van der Waals surface area (Å²) in [5.74, 6) is 1.86. The van der Waals surface area contributed by atoms with Gasteiger partial charge in [-0.05, 0) is 18.4 Å². The van der Waals surface area contributed by atoms with Crippen LogP contribution in [0.4, 0.5) is 5.69 Å². The Morgan fingerprint density at radius 1 is 1.44 bits per heavy atom. The largest absolute Gasteiger partial charge is 0.481 e. The molecule has 16 heavy (non-hydrogen) atoms. The van der Waals surface area contributed by atoms with Crippen molar-refractivity contribution in [2.24, 2.45) is 5.92 Å². The van der Waals surface area contributed by atoms with Crippen LogP contribution in [-0.2, 0) is 0 Å². The maximum atomic E-state index is 5.76. The standard InChI is InChI=1S/C12H18N2O2/c1-15-11-6-5-10(13)12(14-11)16-8-7-9-3-2-4-9/h5-6,9H,2-4,7-8,13H2,1H3. The van der Waals surface area contributed by atoms with Crippen LogP contribution in [0.15, 0.2) is 12.1 Å². The van der Waals surface area contributed by atoms with E-state index in [1.54, 1.807) is 19.2 Å². The zero-order valence-electron chi connectivity index (χ0n) is 9.61. The molecule has 4 heteroatoms. The van der Waals surface area contributed by atoms with Crippen LogP contribution in [0.25, 0.3) is 0 Å². The van der Waals surface area contributed by atoms with E-state index in [4.69, 9.17) is 15.2 Å². The molecule has 0 aliphatic heterocycles. The Labute approximate surface area is 95.8 Å². The molecule has 0 amide bonds. The summed E-state index contributed by atoms with van der Waals surface area (Å²) in [7, 11) is 1.58. The van der Waals surface area contributed by atoms with Gasteiger partial charge in [-0.3, -0.25) is 0 Å². The number of anilines is 1. The van der Waals surface area contributed by atoms with Crippen LogP contribution in [0.5, 0.6) is 11.8 Å². The van der Waals surface area contributed by atoms with Crippen molar-refractivity contribution in [3.63, 3.8) is 0 Å². The zero-order valence-corrected chi connectivity index (χ0v) is 9.61. The van der Waals surface area contributed by atoms with Crippen molar-refractivity contribution in [1.82, 2.24) is 4.98 Å². The van der Waals surface area contributed by atoms with E-state index < -0.39 is 0 Å². The second-order valence-corrected chi connectivity index (χ2v) is 4.18. The number of pyridine rings is 1. The molecule has 0 aromatic carbocycles. The third-order valence-corrected chi connectivity index (χ3v) is 3.06. The molecule has 0 spiro atoms. The number of nitrogens with zero attached hydrogens (tertiary/aromatic N) is 1. The van der Waals surface area contributed by atoms with Crippen LogP contribution in [-0.4, -0.2) is 18.7 Å². The molecule has 1 aromatic rings. The lowest BCUT2D eigenvalue weighted by Crippen LogP contribution is -2.15. The zero-order chi connectivity index (χ0) is 11.4. The van der Waals surface area contributed by atoms with Gasteiger partial charge in [-0.2, -0.15) is 4.98 Å². The summed E-state index contributed by atoms with van der Waals surface area (Å²) in [6.07, 6.45) is 5.14. The summed E-state index contributed by atoms with van der Waals surface area (Å²) in [6.45, 7) is 0.690. The van der Waals surface area contributed by atoms with E-state index in [0.717, 1.165) is 12.3 Å². The van der Waals surface area contributed by atoms with Crippen molar-refractivity contribution in [2.75, 3.05) is 19.5 Å². The summed E-state index contributed by atoms with van der Waals surface area (Å²) in [5, 5.41) is 0. The van der Waals surface area contributed by atoms with E-state index >= 15 is 0 Å². The lowest BCUT2D eigenvalue weighted by atomic mass is 9.83. The van der Waals surface area contributed by atoms with Crippen molar-refractivity contribution in [3.05, 3.63) is 12.1 Å². The van der Waals surface area contributed by atoms with Gasteiger partial charge in [0.05, 0.1) is 19.4 Å². The predicted molar refractivity (Wildman–Crippen MR) is 62.7 cm³/mol. The molecule has 1 aromatic heterocycles. The maximum Gasteiger partial charge on any atom is 0.240 e. The van der Waals surface area contributed by atoms with E-state index in [0.29, 0.717) is 24.1 Å². The van der Waals surface area contributed by atoms with Crippen molar-refractivity contribution in [1.29, 1.82) is 0 Å². The van der Waals surface area contributed by atoms with Gasteiger partial charge in [0.25, 0.3) is 0 Å². The lowest BCUT2D eigenvalue weighted by Gasteiger charge is -2.24. The van der Waals surface area contributed by atoms with Gasteiger partial charge >= 0.3 is 0 Å². The van der Waals surface area contributed by atoms with Gasteiger partial charge in [-0.15, -0.1) is 0 Å². The highest BCUT2D eigenvalue weighted by molar-refractivity contribution is 5.49. The normalized spacial score (nSPS) is 15.6. The summed E-state index contributed by atoms with van der Waals surface area (Å²) < 4.78 is 10.6. The Bertz CT molecular complexity index is 351. The van der Waals surface area contributed by atoms with E-state index in [1.807, 2.05) is 0 Å². The van der Waals surface area contributed by atoms with Crippen molar-refractivity contribution in [3.8, 4) is 11.8 Å². The quantitative estimate of drug-likeness (QED) is 0.830. The average Bonchev–Trinajstić information content (AvgIpc) is 2.24. The van der Waals surface area contributed by atoms with E-state index in [-0.39, 0.29) is 0 Å². The first-order valence-corrected chi connectivity index (χ1v) is 5.73. The highest BCUT2D eigenvalue weighted by Gasteiger charge is 2.17. The number of methoxy groups -OCH3 is 1. The minimum absolute atomic E-state index is 0.485. The van der Waals surface area contributed by atoms with E-state index in [1.165, 1.54) is 19.3 Å². The number of hydrogen-bond acceptors (Lipinski definition) is 4. The fourth-order valence-electron chi connectivity index (χ4n) is 1.77. The molecule has 88 valence electrons. The summed E-state index contributed by atoms with van der Waals surface area (Å²) in [4.78, 5) is 4.16. The molecule has 2 rings (SSSR count). The SMILES string of the molecule is COc1ccc(N)c(OCCC2CCC2)n1. The topological polar surface area (TPSA) is 57.4 Å². The third-order valence-electron chi connectivity index (χ3n) is 3.06. The van der Waals surface area contributed by atoms with Crippen molar-refractivity contribution < 1.29 is 9.47 Å². The first-order chi connectivity index (χ1) is 7.79. The summed E-state index contributed by atoms with van der Waals surface area (Å²) >= 11 is 0. The van der Waals surface area contributed by atoms with Crippen LogP contribution in [0.3, 0.4) is 0 Å². The van der Waals surface area contributed by atoms with Gasteiger partial charge in [0.15, 0.2) is 0 Å². The minimum atomic E-state index is 0.485. The van der Waals surface area contributed by atoms with Gasteiger partial charge in [0.2, 0.25) is 11.8 Å². The average molecular weight is 222 g/mol. The van der Waals surface area contributed by atoms with Gasteiger partial charge < -0.3 is 15.2 Å². The van der Waals surface area contributed by atoms with Crippen LogP contribution < -0.4 is 15.2 Å². The fourth-order valence-corrected chi connectivity index (χ4v) is 1.77. The molecule has 0 atom stereocenters. The number of hydrogen-bond donors (Lipinski definition) is 1. The number of nitrogens with two attached hydrogens (primary N) is 1. The van der Waals surface area contributed by atoms with Crippen LogP contribution in [0.1, 0.15) is 25.7 Å². The molecule has 0 unspecified atom stereocenters.